The van der Waals surface area contributed by atoms with Gasteiger partial charge >= 0.3 is 0 Å². The van der Waals surface area contributed by atoms with Crippen LogP contribution in [0, 0.1) is 11.3 Å². The molecule has 3 nitrogen and oxygen atoms in total. The molecule has 56 valence electrons. The zero-order chi connectivity index (χ0) is 7.66. The Morgan fingerprint density at radius 3 is 3.10 bits per heavy atom. The van der Waals surface area contributed by atoms with Crippen LogP contribution in [-0.2, 0) is 0 Å². The number of hydrazone groups is 1. The van der Waals surface area contributed by atoms with E-state index in [9.17, 15) is 0 Å². The van der Waals surface area contributed by atoms with Crippen molar-refractivity contribution in [1.29, 1.82) is 5.26 Å². The number of unbranched alkanes of at least 4 members (excludes halogenated alkanes) is 1. The first-order valence-corrected chi connectivity index (χ1v) is 3.53. The van der Waals surface area contributed by atoms with Crippen LogP contribution in [-0.4, -0.2) is 12.8 Å². The molecule has 0 atom stereocenters. The van der Waals surface area contributed by atoms with Gasteiger partial charge < -0.3 is 5.43 Å². The number of nitrogens with zero attached hydrogens (tertiary/aromatic N) is 2. The molecule has 0 aromatic heterocycles. The van der Waals surface area contributed by atoms with Crippen molar-refractivity contribution >= 4 is 6.21 Å². The zero-order valence-corrected chi connectivity index (χ0v) is 6.30. The Labute approximate surface area is 61.7 Å². The van der Waals surface area contributed by atoms with Gasteiger partial charge in [-0.1, -0.05) is 13.3 Å². The smallest absolute Gasteiger partial charge is 0.0640 e. The Kier molecular flexibility index (Phi) is 7.13. The molecule has 10 heavy (non-hydrogen) atoms. The van der Waals surface area contributed by atoms with Gasteiger partial charge in [-0.05, 0) is 6.42 Å². The minimum atomic E-state index is 0.517. The molecule has 0 rings (SSSR count). The predicted molar refractivity (Wildman–Crippen MR) is 41.6 cm³/mol. The maximum atomic E-state index is 8.13. The summed E-state index contributed by atoms with van der Waals surface area (Å²) in [5.74, 6) is 0. The largest absolute Gasteiger partial charge is 0.309 e. The fourth-order valence-corrected chi connectivity index (χ4v) is 0.435. The van der Waals surface area contributed by atoms with E-state index in [2.05, 4.69) is 17.5 Å². The summed E-state index contributed by atoms with van der Waals surface area (Å²) < 4.78 is 0. The second-order valence-electron chi connectivity index (χ2n) is 1.92. The van der Waals surface area contributed by atoms with Gasteiger partial charge in [-0.2, -0.15) is 10.4 Å². The summed E-state index contributed by atoms with van der Waals surface area (Å²) in [6.45, 7) is 2.75. The number of rotatable bonds is 5. The van der Waals surface area contributed by atoms with Crippen LogP contribution >= 0.6 is 0 Å². The van der Waals surface area contributed by atoms with Crippen molar-refractivity contribution in [3.8, 4) is 6.07 Å². The van der Waals surface area contributed by atoms with E-state index in [1.165, 1.54) is 0 Å². The SMILES string of the molecule is CCCC=NNCCC#N. The topological polar surface area (TPSA) is 48.2 Å². The third-order valence-corrected chi connectivity index (χ3v) is 0.949. The quantitative estimate of drug-likeness (QED) is 0.354. The maximum Gasteiger partial charge on any atom is 0.0640 e. The first kappa shape index (κ1) is 8.96. The highest BCUT2D eigenvalue weighted by Crippen LogP contribution is 1.78. The summed E-state index contributed by atoms with van der Waals surface area (Å²) in [6, 6.07) is 2.02. The monoisotopic (exact) mass is 139 g/mol. The Morgan fingerprint density at radius 1 is 1.70 bits per heavy atom. The van der Waals surface area contributed by atoms with Gasteiger partial charge in [-0.15, -0.1) is 0 Å². The van der Waals surface area contributed by atoms with E-state index >= 15 is 0 Å². The van der Waals surface area contributed by atoms with Crippen LogP contribution < -0.4 is 5.43 Å². The highest BCUT2D eigenvalue weighted by Gasteiger charge is 1.77. The van der Waals surface area contributed by atoms with Gasteiger partial charge in [0.05, 0.1) is 12.5 Å². The molecule has 0 saturated heterocycles. The fraction of sp³-hybridized carbons (Fsp3) is 0.714. The second kappa shape index (κ2) is 7.96. The molecule has 0 saturated carbocycles. The van der Waals surface area contributed by atoms with Crippen molar-refractivity contribution in [1.82, 2.24) is 5.43 Å². The molecule has 0 bridgehead atoms. The summed E-state index contributed by atoms with van der Waals surface area (Å²) in [6.07, 6.45) is 4.46. The van der Waals surface area contributed by atoms with Crippen molar-refractivity contribution in [2.24, 2.45) is 5.10 Å². The average molecular weight is 139 g/mol. The molecule has 0 amide bonds. The lowest BCUT2D eigenvalue weighted by atomic mass is 10.4. The van der Waals surface area contributed by atoms with E-state index in [0.717, 1.165) is 12.8 Å². The van der Waals surface area contributed by atoms with E-state index in [-0.39, 0.29) is 0 Å². The molecule has 0 aliphatic carbocycles. The third kappa shape index (κ3) is 6.96. The lowest BCUT2D eigenvalue weighted by Gasteiger charge is -1.91. The predicted octanol–water partition coefficient (Wildman–Crippen LogP) is 1.28. The maximum absolute atomic E-state index is 8.13. The fourth-order valence-electron chi connectivity index (χ4n) is 0.435. The third-order valence-electron chi connectivity index (χ3n) is 0.949. The zero-order valence-electron chi connectivity index (χ0n) is 6.30. The van der Waals surface area contributed by atoms with Gasteiger partial charge in [-0.25, -0.2) is 0 Å². The van der Waals surface area contributed by atoms with E-state index in [4.69, 9.17) is 5.26 Å². The van der Waals surface area contributed by atoms with Crippen molar-refractivity contribution in [3.63, 3.8) is 0 Å². The minimum absolute atomic E-state index is 0.517. The first-order valence-electron chi connectivity index (χ1n) is 3.53. The summed E-state index contributed by atoms with van der Waals surface area (Å²) in [5, 5.41) is 12.0. The number of nitrogens with one attached hydrogen (secondary N) is 1. The number of nitriles is 1. The molecule has 0 radical (unpaired) electrons. The highest BCUT2D eigenvalue weighted by atomic mass is 15.3. The molecule has 0 aliphatic heterocycles. The van der Waals surface area contributed by atoms with E-state index < -0.39 is 0 Å². The molecule has 1 N–H and O–H groups in total. The van der Waals surface area contributed by atoms with Crippen LogP contribution in [0.15, 0.2) is 5.10 Å². The van der Waals surface area contributed by atoms with Gasteiger partial charge in [0.2, 0.25) is 0 Å². The Morgan fingerprint density at radius 2 is 2.50 bits per heavy atom. The first-order chi connectivity index (χ1) is 4.91. The lowest BCUT2D eigenvalue weighted by molar-refractivity contribution is 0.746. The molecule has 0 unspecified atom stereocenters. The normalized spacial score (nSPS) is 9.60. The van der Waals surface area contributed by atoms with Crippen LogP contribution in [0.1, 0.15) is 26.2 Å². The van der Waals surface area contributed by atoms with Crippen molar-refractivity contribution in [3.05, 3.63) is 0 Å². The standard InChI is InChI=1S/C7H13N3/c1-2-3-6-9-10-7-4-5-8/h6,10H,2-4,7H2,1H3. The average Bonchev–Trinajstić information content (AvgIpc) is 1.97. The van der Waals surface area contributed by atoms with Crippen LogP contribution in [0.3, 0.4) is 0 Å². The second-order valence-corrected chi connectivity index (χ2v) is 1.92. The van der Waals surface area contributed by atoms with Gasteiger partial charge in [0.1, 0.15) is 0 Å². The molecule has 0 heterocycles. The lowest BCUT2D eigenvalue weighted by Crippen LogP contribution is -2.06. The minimum Gasteiger partial charge on any atom is -0.309 e. The van der Waals surface area contributed by atoms with E-state index in [0.29, 0.717) is 13.0 Å². The van der Waals surface area contributed by atoms with Gasteiger partial charge in [0, 0.05) is 12.8 Å². The number of hydrogen-bond acceptors (Lipinski definition) is 3. The van der Waals surface area contributed by atoms with Crippen molar-refractivity contribution < 1.29 is 0 Å². The van der Waals surface area contributed by atoms with Gasteiger partial charge in [-0.3, -0.25) is 0 Å². The van der Waals surface area contributed by atoms with Crippen molar-refractivity contribution in [2.75, 3.05) is 6.54 Å². The Hall–Kier alpha value is -1.04. The van der Waals surface area contributed by atoms with Crippen LogP contribution in [0.25, 0.3) is 0 Å². The molecular weight excluding hydrogens is 126 g/mol. The number of hydrogen-bond donors (Lipinski definition) is 1. The summed E-state index contributed by atoms with van der Waals surface area (Å²) >= 11 is 0. The summed E-state index contributed by atoms with van der Waals surface area (Å²) in [5.41, 5.74) is 2.77. The Balaban J connectivity index is 2.96. The molecule has 0 aromatic rings. The molecule has 0 spiro atoms. The van der Waals surface area contributed by atoms with Crippen LogP contribution in [0.4, 0.5) is 0 Å². The van der Waals surface area contributed by atoms with E-state index in [1.54, 1.807) is 0 Å². The molecule has 0 fully saturated rings. The molecular formula is C7H13N3. The molecule has 3 heteroatoms. The van der Waals surface area contributed by atoms with Crippen molar-refractivity contribution in [2.45, 2.75) is 26.2 Å². The summed E-state index contributed by atoms with van der Waals surface area (Å²) in [4.78, 5) is 0. The molecule has 0 aromatic carbocycles. The van der Waals surface area contributed by atoms with Gasteiger partial charge in [0.25, 0.3) is 0 Å². The van der Waals surface area contributed by atoms with E-state index in [1.807, 2.05) is 12.3 Å². The van der Waals surface area contributed by atoms with Gasteiger partial charge in [0.15, 0.2) is 0 Å². The summed E-state index contributed by atoms with van der Waals surface area (Å²) in [7, 11) is 0. The van der Waals surface area contributed by atoms with Crippen LogP contribution in [0.2, 0.25) is 0 Å². The Bertz CT molecular complexity index is 123. The molecule has 0 aliphatic rings. The van der Waals surface area contributed by atoms with Crippen LogP contribution in [0.5, 0.6) is 0 Å². The highest BCUT2D eigenvalue weighted by molar-refractivity contribution is 5.56.